The normalized spacial score (nSPS) is 13.5. The minimum absolute atomic E-state index is 0.523. The van der Waals surface area contributed by atoms with E-state index in [9.17, 15) is 9.59 Å². The zero-order valence-corrected chi connectivity index (χ0v) is 10.6. The standard InChI is InChI=1S/C6H11O6PS2/c1-11-13(14,12-2)15-4(6(9)10)3-5(7)8/h4H,3H2,1-2H3,(H,7,8)(H,9,10)/t4-/m1/s1. The molecule has 0 unspecified atom stereocenters. The van der Waals surface area contributed by atoms with Gasteiger partial charge < -0.3 is 19.3 Å². The van der Waals surface area contributed by atoms with Crippen molar-refractivity contribution in [1.82, 2.24) is 0 Å². The molecule has 2 N–H and O–H groups in total. The topological polar surface area (TPSA) is 93.1 Å². The van der Waals surface area contributed by atoms with Gasteiger partial charge in [0.1, 0.15) is 5.25 Å². The first kappa shape index (κ1) is 14.9. The van der Waals surface area contributed by atoms with Crippen molar-refractivity contribution < 1.29 is 28.8 Å². The van der Waals surface area contributed by atoms with Gasteiger partial charge in [0.15, 0.2) is 0 Å². The molecule has 15 heavy (non-hydrogen) atoms. The number of carboxylic acid groups (broad SMARTS) is 2. The van der Waals surface area contributed by atoms with Gasteiger partial charge in [-0.1, -0.05) is 11.4 Å². The lowest BCUT2D eigenvalue weighted by molar-refractivity contribution is -0.142. The van der Waals surface area contributed by atoms with Crippen LogP contribution in [0.5, 0.6) is 0 Å². The van der Waals surface area contributed by atoms with Gasteiger partial charge in [-0.3, -0.25) is 9.59 Å². The highest BCUT2D eigenvalue weighted by atomic mass is 32.9. The molecular formula is C6H11O6PS2. The van der Waals surface area contributed by atoms with E-state index in [1.165, 1.54) is 14.2 Å². The summed E-state index contributed by atoms with van der Waals surface area (Å²) < 4.78 is 9.72. The summed E-state index contributed by atoms with van der Waals surface area (Å²) in [6, 6.07) is 0. The molecule has 0 radical (unpaired) electrons. The lowest BCUT2D eigenvalue weighted by Gasteiger charge is -2.19. The lowest BCUT2D eigenvalue weighted by atomic mass is 10.3. The van der Waals surface area contributed by atoms with Gasteiger partial charge in [-0.15, -0.1) is 0 Å². The highest BCUT2D eigenvalue weighted by Crippen LogP contribution is 2.61. The van der Waals surface area contributed by atoms with Gasteiger partial charge in [0.05, 0.1) is 6.42 Å². The lowest BCUT2D eigenvalue weighted by Crippen LogP contribution is -2.20. The Morgan fingerprint density at radius 1 is 1.40 bits per heavy atom. The molecule has 0 heterocycles. The monoisotopic (exact) mass is 274 g/mol. The van der Waals surface area contributed by atoms with E-state index in [4.69, 9.17) is 31.1 Å². The molecule has 0 aromatic heterocycles. The van der Waals surface area contributed by atoms with Crippen LogP contribution in [-0.2, 0) is 30.4 Å². The minimum atomic E-state index is -2.74. The fraction of sp³-hybridized carbons (Fsp3) is 0.667. The molecule has 1 atom stereocenters. The predicted octanol–water partition coefficient (Wildman–Crippen LogP) is 1.16. The van der Waals surface area contributed by atoms with E-state index in [0.717, 1.165) is 11.4 Å². The third-order valence-electron chi connectivity index (χ3n) is 1.34. The summed E-state index contributed by atoms with van der Waals surface area (Å²) in [6.45, 7) is 0. The third kappa shape index (κ3) is 5.48. The Morgan fingerprint density at radius 3 is 2.13 bits per heavy atom. The van der Waals surface area contributed by atoms with Crippen LogP contribution in [0.3, 0.4) is 0 Å². The number of rotatable bonds is 7. The van der Waals surface area contributed by atoms with Gasteiger partial charge in [0.25, 0.3) is 0 Å². The van der Waals surface area contributed by atoms with Gasteiger partial charge in [0.2, 0.25) is 5.69 Å². The molecule has 0 aliphatic rings. The quantitative estimate of drug-likeness (QED) is 0.668. The summed E-state index contributed by atoms with van der Waals surface area (Å²) >= 11 is 5.66. The second kappa shape index (κ2) is 6.44. The molecule has 0 aromatic rings. The minimum Gasteiger partial charge on any atom is -0.481 e. The van der Waals surface area contributed by atoms with Crippen LogP contribution in [0.15, 0.2) is 0 Å². The molecule has 0 fully saturated rings. The van der Waals surface area contributed by atoms with E-state index in [1.54, 1.807) is 0 Å². The van der Waals surface area contributed by atoms with Gasteiger partial charge in [0, 0.05) is 14.2 Å². The van der Waals surface area contributed by atoms with Gasteiger partial charge in [-0.05, 0) is 11.8 Å². The van der Waals surface area contributed by atoms with Crippen molar-refractivity contribution in [2.75, 3.05) is 14.2 Å². The molecule has 88 valence electrons. The van der Waals surface area contributed by atoms with Crippen molar-refractivity contribution >= 4 is 40.8 Å². The Balaban J connectivity index is 4.60. The highest BCUT2D eigenvalue weighted by molar-refractivity contribution is 8.68. The molecular weight excluding hydrogens is 263 g/mol. The second-order valence-electron chi connectivity index (χ2n) is 2.34. The van der Waals surface area contributed by atoms with E-state index in [1.807, 2.05) is 0 Å². The molecule has 0 bridgehead atoms. The van der Waals surface area contributed by atoms with E-state index in [0.29, 0.717) is 0 Å². The average molecular weight is 274 g/mol. The summed E-state index contributed by atoms with van der Waals surface area (Å²) in [5.41, 5.74) is -2.74. The average Bonchev–Trinajstić information content (AvgIpc) is 2.16. The molecule has 0 amide bonds. The SMILES string of the molecule is COP(=S)(OC)S[C@H](CC(=O)O)C(=O)O. The second-order valence-corrected chi connectivity index (χ2v) is 8.96. The van der Waals surface area contributed by atoms with Crippen LogP contribution in [0.1, 0.15) is 6.42 Å². The molecule has 0 aliphatic carbocycles. The largest absolute Gasteiger partial charge is 0.481 e. The van der Waals surface area contributed by atoms with Crippen molar-refractivity contribution in [2.45, 2.75) is 11.7 Å². The Morgan fingerprint density at radius 2 is 1.87 bits per heavy atom. The van der Waals surface area contributed by atoms with Crippen molar-refractivity contribution in [3.05, 3.63) is 0 Å². The van der Waals surface area contributed by atoms with Crippen LogP contribution >= 0.6 is 17.1 Å². The first-order valence-corrected chi connectivity index (χ1v) is 7.81. The van der Waals surface area contributed by atoms with Crippen molar-refractivity contribution in [1.29, 1.82) is 0 Å². The summed E-state index contributed by atoms with van der Waals surface area (Å²) in [5, 5.41) is 16.1. The summed E-state index contributed by atoms with van der Waals surface area (Å²) in [7, 11) is 2.61. The van der Waals surface area contributed by atoms with Gasteiger partial charge >= 0.3 is 11.9 Å². The summed E-state index contributed by atoms with van der Waals surface area (Å²) in [4.78, 5) is 21.1. The zero-order valence-electron chi connectivity index (χ0n) is 8.08. The van der Waals surface area contributed by atoms with Crippen LogP contribution in [-0.4, -0.2) is 41.6 Å². The molecule has 0 spiro atoms. The van der Waals surface area contributed by atoms with Crippen molar-refractivity contribution in [3.8, 4) is 0 Å². The van der Waals surface area contributed by atoms with E-state index in [-0.39, 0.29) is 0 Å². The maximum atomic E-state index is 10.7. The molecule has 0 aliphatic heterocycles. The van der Waals surface area contributed by atoms with Crippen LogP contribution in [0.2, 0.25) is 0 Å². The van der Waals surface area contributed by atoms with Crippen molar-refractivity contribution in [2.24, 2.45) is 0 Å². The first-order valence-electron chi connectivity index (χ1n) is 3.69. The highest BCUT2D eigenvalue weighted by Gasteiger charge is 2.30. The van der Waals surface area contributed by atoms with Gasteiger partial charge in [-0.2, -0.15) is 0 Å². The molecule has 0 rings (SSSR count). The maximum Gasteiger partial charge on any atom is 0.317 e. The van der Waals surface area contributed by atoms with Crippen LogP contribution < -0.4 is 0 Å². The van der Waals surface area contributed by atoms with Gasteiger partial charge in [-0.25, -0.2) is 0 Å². The number of carbonyl (C=O) groups is 2. The molecule has 9 heteroatoms. The summed E-state index contributed by atoms with van der Waals surface area (Å²) in [6.07, 6.45) is -0.523. The van der Waals surface area contributed by atoms with Crippen LogP contribution in [0.4, 0.5) is 0 Å². The first-order chi connectivity index (χ1) is 6.84. The summed E-state index contributed by atoms with van der Waals surface area (Å²) in [5.74, 6) is -2.45. The smallest absolute Gasteiger partial charge is 0.317 e. The van der Waals surface area contributed by atoms with Crippen molar-refractivity contribution in [3.63, 3.8) is 0 Å². The Labute approximate surface area is 95.9 Å². The fourth-order valence-electron chi connectivity index (χ4n) is 0.645. The number of hydrogen-bond donors (Lipinski definition) is 2. The maximum absolute atomic E-state index is 10.7. The van der Waals surface area contributed by atoms with Crippen LogP contribution in [0, 0.1) is 0 Å². The molecule has 0 saturated carbocycles. The van der Waals surface area contributed by atoms with Crippen LogP contribution in [0.25, 0.3) is 0 Å². The fourth-order valence-corrected chi connectivity index (χ4v) is 4.47. The number of hydrogen-bond acceptors (Lipinski definition) is 6. The zero-order chi connectivity index (χ0) is 12.1. The number of carboxylic acids is 2. The third-order valence-corrected chi connectivity index (χ3v) is 7.22. The van der Waals surface area contributed by atoms with E-state index < -0.39 is 29.3 Å². The molecule has 6 nitrogen and oxygen atoms in total. The molecule has 0 saturated heterocycles. The Hall–Kier alpha value is -0.140. The van der Waals surface area contributed by atoms with E-state index in [2.05, 4.69) is 0 Å². The van der Waals surface area contributed by atoms with E-state index >= 15 is 0 Å². The Kier molecular flexibility index (Phi) is 6.38. The predicted molar refractivity (Wildman–Crippen MR) is 59.6 cm³/mol. The molecule has 0 aromatic carbocycles. The Bertz CT molecular complexity index is 285. The number of aliphatic carboxylic acids is 2.